The third-order valence-corrected chi connectivity index (χ3v) is 9.98. The van der Waals surface area contributed by atoms with Gasteiger partial charge in [-0.15, -0.1) is 0 Å². The molecule has 9 aromatic rings. The Hall–Kier alpha value is -7.36. The molecule has 0 saturated carbocycles. The van der Waals surface area contributed by atoms with Crippen molar-refractivity contribution in [2.24, 2.45) is 4.99 Å². The molecule has 2 aromatic heterocycles. The standard InChI is InChI=1S/C52H37N3/c1-37(38-17-6-2-7-18-38)50(53-48-25-12-5-13-26-48)44-24-16-23-43(33-44)47-35-45(39-19-8-3-9-20-39)34-46(36-47)40-28-30-42(31-29-40)52-51(41-21-10-4-11-22-41)54-49-27-14-15-32-55(49)52/h2-36H,1H2. The van der Waals surface area contributed by atoms with Gasteiger partial charge < -0.3 is 0 Å². The number of imidazole rings is 1. The van der Waals surface area contributed by atoms with Crippen LogP contribution in [0.5, 0.6) is 0 Å². The zero-order valence-electron chi connectivity index (χ0n) is 30.3. The quantitative estimate of drug-likeness (QED) is 0.138. The van der Waals surface area contributed by atoms with Gasteiger partial charge in [0.05, 0.1) is 22.8 Å². The summed E-state index contributed by atoms with van der Waals surface area (Å²) in [5.74, 6) is 0. The Morgan fingerprint density at radius 1 is 0.418 bits per heavy atom. The van der Waals surface area contributed by atoms with Crippen molar-refractivity contribution in [1.29, 1.82) is 0 Å². The second-order valence-electron chi connectivity index (χ2n) is 13.6. The van der Waals surface area contributed by atoms with Crippen LogP contribution >= 0.6 is 0 Å². The predicted molar refractivity (Wildman–Crippen MR) is 230 cm³/mol. The molecule has 55 heavy (non-hydrogen) atoms. The van der Waals surface area contributed by atoms with E-state index in [9.17, 15) is 0 Å². The fraction of sp³-hybridized carbons (Fsp3) is 0. The molecule has 0 unspecified atom stereocenters. The first-order valence-corrected chi connectivity index (χ1v) is 18.5. The Bertz CT molecular complexity index is 2780. The van der Waals surface area contributed by atoms with Gasteiger partial charge in [-0.1, -0.05) is 164 Å². The maximum Gasteiger partial charge on any atom is 0.137 e. The first kappa shape index (κ1) is 33.5. The highest BCUT2D eigenvalue weighted by atomic mass is 15.0. The molecule has 0 aliphatic carbocycles. The molecule has 260 valence electrons. The number of rotatable bonds is 9. The van der Waals surface area contributed by atoms with E-state index in [1.165, 1.54) is 5.56 Å². The van der Waals surface area contributed by atoms with Gasteiger partial charge in [-0.25, -0.2) is 9.98 Å². The van der Waals surface area contributed by atoms with Crippen LogP contribution in [0.25, 0.3) is 67.1 Å². The molecule has 0 aliphatic heterocycles. The van der Waals surface area contributed by atoms with Gasteiger partial charge in [0.25, 0.3) is 0 Å². The molecule has 9 rings (SSSR count). The Balaban J connectivity index is 1.14. The van der Waals surface area contributed by atoms with Crippen molar-refractivity contribution < 1.29 is 0 Å². The molecule has 3 heteroatoms. The second kappa shape index (κ2) is 14.9. The van der Waals surface area contributed by atoms with Crippen molar-refractivity contribution in [3.63, 3.8) is 0 Å². The van der Waals surface area contributed by atoms with E-state index in [4.69, 9.17) is 9.98 Å². The van der Waals surface area contributed by atoms with Crippen LogP contribution in [-0.4, -0.2) is 15.1 Å². The van der Waals surface area contributed by atoms with Gasteiger partial charge in [-0.2, -0.15) is 0 Å². The number of fused-ring (bicyclic) bond motifs is 1. The number of aliphatic imine (C=N–C) groups is 1. The minimum atomic E-state index is 0.844. The average Bonchev–Trinajstić information content (AvgIpc) is 3.66. The first-order chi connectivity index (χ1) is 27.2. The Labute approximate surface area is 321 Å². The molecule has 0 fully saturated rings. The van der Waals surface area contributed by atoms with Gasteiger partial charge in [-0.05, 0) is 87.5 Å². The molecule has 0 N–H and O–H groups in total. The van der Waals surface area contributed by atoms with Crippen LogP contribution in [0.4, 0.5) is 5.69 Å². The van der Waals surface area contributed by atoms with Gasteiger partial charge in [0.15, 0.2) is 0 Å². The van der Waals surface area contributed by atoms with E-state index >= 15 is 0 Å². The van der Waals surface area contributed by atoms with E-state index in [-0.39, 0.29) is 0 Å². The average molecular weight is 704 g/mol. The highest BCUT2D eigenvalue weighted by Crippen LogP contribution is 2.37. The number of hydrogen-bond donors (Lipinski definition) is 0. The number of benzene rings is 7. The van der Waals surface area contributed by atoms with Crippen molar-refractivity contribution in [3.05, 3.63) is 230 Å². The van der Waals surface area contributed by atoms with Crippen molar-refractivity contribution in [2.75, 3.05) is 0 Å². The maximum atomic E-state index is 5.15. The summed E-state index contributed by atoms with van der Waals surface area (Å²) in [6.07, 6.45) is 2.09. The summed E-state index contributed by atoms with van der Waals surface area (Å²) in [5, 5.41) is 0. The normalized spacial score (nSPS) is 11.5. The zero-order valence-corrected chi connectivity index (χ0v) is 30.3. The summed E-state index contributed by atoms with van der Waals surface area (Å²) in [5.41, 5.74) is 16.7. The van der Waals surface area contributed by atoms with Crippen LogP contribution in [0.15, 0.2) is 224 Å². The Morgan fingerprint density at radius 2 is 0.927 bits per heavy atom. The molecular weight excluding hydrogens is 667 g/mol. The van der Waals surface area contributed by atoms with E-state index in [0.29, 0.717) is 0 Å². The number of nitrogens with zero attached hydrogens (tertiary/aromatic N) is 3. The molecule has 0 atom stereocenters. The largest absolute Gasteiger partial charge is 0.299 e. The lowest BCUT2D eigenvalue weighted by Crippen LogP contribution is -2.04. The van der Waals surface area contributed by atoms with Crippen LogP contribution in [0, 0.1) is 0 Å². The monoisotopic (exact) mass is 703 g/mol. The van der Waals surface area contributed by atoms with Crippen LogP contribution in [0.3, 0.4) is 0 Å². The highest BCUT2D eigenvalue weighted by molar-refractivity contribution is 6.32. The molecule has 0 spiro atoms. The van der Waals surface area contributed by atoms with E-state index in [1.54, 1.807) is 0 Å². The second-order valence-corrected chi connectivity index (χ2v) is 13.6. The molecule has 0 aliphatic rings. The number of allylic oxidation sites excluding steroid dienone is 1. The lowest BCUT2D eigenvalue weighted by molar-refractivity contribution is 1.19. The van der Waals surface area contributed by atoms with Gasteiger partial charge in [-0.3, -0.25) is 4.40 Å². The van der Waals surface area contributed by atoms with E-state index in [0.717, 1.165) is 84.1 Å². The summed E-state index contributed by atoms with van der Waals surface area (Å²) < 4.78 is 2.18. The van der Waals surface area contributed by atoms with Crippen molar-refractivity contribution >= 4 is 22.6 Å². The third-order valence-electron chi connectivity index (χ3n) is 9.98. The van der Waals surface area contributed by atoms with Crippen molar-refractivity contribution in [2.45, 2.75) is 0 Å². The minimum Gasteiger partial charge on any atom is -0.299 e. The Morgan fingerprint density at radius 3 is 1.60 bits per heavy atom. The van der Waals surface area contributed by atoms with Crippen LogP contribution < -0.4 is 0 Å². The zero-order chi connectivity index (χ0) is 37.0. The number of para-hydroxylation sites is 1. The van der Waals surface area contributed by atoms with E-state index < -0.39 is 0 Å². The van der Waals surface area contributed by atoms with Crippen molar-refractivity contribution in [3.8, 4) is 55.9 Å². The van der Waals surface area contributed by atoms with Gasteiger partial charge in [0, 0.05) is 28.5 Å². The number of aromatic nitrogens is 2. The predicted octanol–water partition coefficient (Wildman–Crippen LogP) is 13.5. The summed E-state index contributed by atoms with van der Waals surface area (Å²) in [6, 6.07) is 72.0. The fourth-order valence-corrected chi connectivity index (χ4v) is 7.21. The summed E-state index contributed by atoms with van der Waals surface area (Å²) in [4.78, 5) is 10.2. The fourth-order valence-electron chi connectivity index (χ4n) is 7.21. The molecule has 0 radical (unpaired) electrons. The number of hydrogen-bond acceptors (Lipinski definition) is 2. The molecular formula is C52H37N3. The van der Waals surface area contributed by atoms with Gasteiger partial charge in [0.1, 0.15) is 5.65 Å². The summed E-state index contributed by atoms with van der Waals surface area (Å²) in [6.45, 7) is 4.54. The van der Waals surface area contributed by atoms with Crippen LogP contribution in [0.1, 0.15) is 11.1 Å². The number of pyridine rings is 1. The molecule has 0 amide bonds. The maximum absolute atomic E-state index is 5.15. The van der Waals surface area contributed by atoms with Gasteiger partial charge >= 0.3 is 0 Å². The summed E-state index contributed by atoms with van der Waals surface area (Å²) in [7, 11) is 0. The molecule has 0 saturated heterocycles. The lowest BCUT2D eigenvalue weighted by Gasteiger charge is -2.15. The molecule has 0 bridgehead atoms. The minimum absolute atomic E-state index is 0.844. The van der Waals surface area contributed by atoms with E-state index in [1.807, 2.05) is 60.7 Å². The lowest BCUT2D eigenvalue weighted by atomic mass is 9.91. The first-order valence-electron chi connectivity index (χ1n) is 18.5. The topological polar surface area (TPSA) is 29.7 Å². The molecule has 2 heterocycles. The molecule has 7 aromatic carbocycles. The smallest absolute Gasteiger partial charge is 0.137 e. The van der Waals surface area contributed by atoms with Crippen molar-refractivity contribution in [1.82, 2.24) is 9.38 Å². The molecule has 3 nitrogen and oxygen atoms in total. The SMILES string of the molecule is C=C(C(=Nc1ccccc1)c1cccc(-c2cc(-c3ccccc3)cc(-c3ccc(-c4c(-c5ccccc5)nc5ccccn45)cc3)c2)c1)c1ccccc1. The summed E-state index contributed by atoms with van der Waals surface area (Å²) >= 11 is 0. The van der Waals surface area contributed by atoms with Crippen LogP contribution in [0.2, 0.25) is 0 Å². The van der Waals surface area contributed by atoms with Gasteiger partial charge in [0.2, 0.25) is 0 Å². The Kier molecular flexibility index (Phi) is 9.09. The highest BCUT2D eigenvalue weighted by Gasteiger charge is 2.17. The third kappa shape index (κ3) is 6.95. The van der Waals surface area contributed by atoms with Crippen LogP contribution in [-0.2, 0) is 0 Å². The van der Waals surface area contributed by atoms with E-state index in [2.05, 4.69) is 163 Å².